The Labute approximate surface area is 134 Å². The highest BCUT2D eigenvalue weighted by atomic mass is 16.4. The molecule has 2 heterocycles. The Morgan fingerprint density at radius 1 is 0.957 bits per heavy atom. The third-order valence-corrected chi connectivity index (χ3v) is 4.24. The predicted octanol–water partition coefficient (Wildman–Crippen LogP) is 2.80. The summed E-state index contributed by atoms with van der Waals surface area (Å²) in [5, 5.41) is 8.97. The number of aromatic carboxylic acids is 1. The molecule has 1 aliphatic rings. The zero-order valence-electron chi connectivity index (χ0n) is 12.7. The third kappa shape index (κ3) is 3.39. The van der Waals surface area contributed by atoms with Gasteiger partial charge in [-0.2, -0.15) is 0 Å². The number of carbonyl (C=O) groups is 2. The molecule has 0 unspecified atom stereocenters. The molecule has 1 saturated heterocycles. The average Bonchev–Trinajstić information content (AvgIpc) is 2.62. The van der Waals surface area contributed by atoms with Crippen LogP contribution in [0.3, 0.4) is 0 Å². The van der Waals surface area contributed by atoms with Gasteiger partial charge in [0.15, 0.2) is 0 Å². The van der Waals surface area contributed by atoms with Gasteiger partial charge in [0.2, 0.25) is 0 Å². The largest absolute Gasteiger partial charge is 0.477 e. The van der Waals surface area contributed by atoms with E-state index in [1.54, 1.807) is 17.0 Å². The molecule has 3 rings (SSSR count). The van der Waals surface area contributed by atoms with Gasteiger partial charge >= 0.3 is 5.97 Å². The fourth-order valence-corrected chi connectivity index (χ4v) is 2.98. The fourth-order valence-electron chi connectivity index (χ4n) is 2.98. The number of amides is 1. The van der Waals surface area contributed by atoms with Crippen LogP contribution in [0.1, 0.15) is 45.3 Å². The molecular formula is C18H18N2O3. The van der Waals surface area contributed by atoms with E-state index in [1.165, 1.54) is 11.6 Å². The number of carboxylic acids is 1. The van der Waals surface area contributed by atoms with Crippen LogP contribution < -0.4 is 0 Å². The number of carboxylic acid groups (broad SMARTS) is 1. The summed E-state index contributed by atoms with van der Waals surface area (Å²) in [6.45, 7) is 1.33. The molecule has 2 aromatic rings. The van der Waals surface area contributed by atoms with Gasteiger partial charge in [-0.25, -0.2) is 9.78 Å². The Bertz CT molecular complexity index is 707. The number of hydrogen-bond donors (Lipinski definition) is 1. The molecule has 0 saturated carbocycles. The number of aromatic nitrogens is 1. The van der Waals surface area contributed by atoms with E-state index in [4.69, 9.17) is 5.11 Å². The van der Waals surface area contributed by atoms with E-state index in [0.29, 0.717) is 19.0 Å². The zero-order chi connectivity index (χ0) is 16.2. The highest BCUT2D eigenvalue weighted by molar-refractivity contribution is 5.94. The van der Waals surface area contributed by atoms with Crippen LogP contribution in [0.15, 0.2) is 48.5 Å². The molecule has 5 heteroatoms. The zero-order valence-corrected chi connectivity index (χ0v) is 12.7. The van der Waals surface area contributed by atoms with E-state index in [9.17, 15) is 9.59 Å². The minimum Gasteiger partial charge on any atom is -0.477 e. The summed E-state index contributed by atoms with van der Waals surface area (Å²) in [5.74, 6) is -0.847. The first-order chi connectivity index (χ1) is 11.1. The van der Waals surface area contributed by atoms with Gasteiger partial charge in [0.1, 0.15) is 11.4 Å². The van der Waals surface area contributed by atoms with Gasteiger partial charge in [-0.3, -0.25) is 4.79 Å². The molecule has 0 bridgehead atoms. The van der Waals surface area contributed by atoms with E-state index in [1.807, 2.05) is 18.2 Å². The van der Waals surface area contributed by atoms with Gasteiger partial charge in [0.05, 0.1) is 0 Å². The molecule has 0 atom stereocenters. The number of nitrogens with zero attached hydrogens (tertiary/aromatic N) is 2. The highest BCUT2D eigenvalue weighted by Crippen LogP contribution is 2.28. The van der Waals surface area contributed by atoms with Crippen LogP contribution in [-0.4, -0.2) is 40.0 Å². The molecule has 23 heavy (non-hydrogen) atoms. The summed E-state index contributed by atoms with van der Waals surface area (Å²) < 4.78 is 0. The Morgan fingerprint density at radius 2 is 1.61 bits per heavy atom. The van der Waals surface area contributed by atoms with Crippen LogP contribution in [0.25, 0.3) is 0 Å². The quantitative estimate of drug-likeness (QED) is 0.946. The summed E-state index contributed by atoms with van der Waals surface area (Å²) in [6.07, 6.45) is 1.82. The minimum atomic E-state index is -1.12. The number of benzene rings is 1. The van der Waals surface area contributed by atoms with Crippen molar-refractivity contribution >= 4 is 11.9 Å². The molecule has 1 fully saturated rings. The first-order valence-electron chi connectivity index (χ1n) is 7.70. The molecule has 0 radical (unpaired) electrons. The monoisotopic (exact) mass is 310 g/mol. The van der Waals surface area contributed by atoms with Crippen LogP contribution in [0.5, 0.6) is 0 Å². The number of carbonyl (C=O) groups excluding carboxylic acids is 1. The van der Waals surface area contributed by atoms with Crippen molar-refractivity contribution in [2.24, 2.45) is 0 Å². The molecule has 1 aromatic carbocycles. The molecule has 118 valence electrons. The lowest BCUT2D eigenvalue weighted by Crippen LogP contribution is -2.38. The second-order valence-electron chi connectivity index (χ2n) is 5.69. The van der Waals surface area contributed by atoms with Gasteiger partial charge < -0.3 is 10.0 Å². The van der Waals surface area contributed by atoms with Gasteiger partial charge in [-0.05, 0) is 36.5 Å². The van der Waals surface area contributed by atoms with E-state index < -0.39 is 5.97 Å². The van der Waals surface area contributed by atoms with E-state index in [0.717, 1.165) is 12.8 Å². The van der Waals surface area contributed by atoms with E-state index in [-0.39, 0.29) is 17.3 Å². The number of piperidine rings is 1. The maximum absolute atomic E-state index is 12.5. The molecule has 0 spiro atoms. The number of hydrogen-bond acceptors (Lipinski definition) is 3. The Balaban J connectivity index is 1.66. The summed E-state index contributed by atoms with van der Waals surface area (Å²) in [4.78, 5) is 29.1. The Hall–Kier alpha value is -2.69. The summed E-state index contributed by atoms with van der Waals surface area (Å²) in [6, 6.07) is 14.8. The Kier molecular flexibility index (Phi) is 4.37. The Morgan fingerprint density at radius 3 is 2.26 bits per heavy atom. The standard InChI is InChI=1S/C18H18N2O3/c21-17(15-7-4-8-16(19-15)18(22)23)20-11-9-14(10-12-20)13-5-2-1-3-6-13/h1-8,14H,9-12H2,(H,22,23). The van der Waals surface area contributed by atoms with Gasteiger partial charge in [-0.15, -0.1) is 0 Å². The van der Waals surface area contributed by atoms with Crippen molar-refractivity contribution < 1.29 is 14.7 Å². The lowest BCUT2D eigenvalue weighted by molar-refractivity contribution is 0.0688. The van der Waals surface area contributed by atoms with Gasteiger partial charge in [-0.1, -0.05) is 36.4 Å². The second-order valence-corrected chi connectivity index (χ2v) is 5.69. The van der Waals surface area contributed by atoms with Crippen molar-refractivity contribution in [2.75, 3.05) is 13.1 Å². The molecular weight excluding hydrogens is 292 g/mol. The van der Waals surface area contributed by atoms with Crippen LogP contribution in [0.2, 0.25) is 0 Å². The first-order valence-corrected chi connectivity index (χ1v) is 7.70. The van der Waals surface area contributed by atoms with Crippen LogP contribution in [-0.2, 0) is 0 Å². The van der Waals surface area contributed by atoms with E-state index in [2.05, 4.69) is 17.1 Å². The lowest BCUT2D eigenvalue weighted by atomic mass is 9.89. The predicted molar refractivity (Wildman–Crippen MR) is 85.5 cm³/mol. The third-order valence-electron chi connectivity index (χ3n) is 4.24. The first kappa shape index (κ1) is 15.2. The molecule has 1 aliphatic heterocycles. The molecule has 1 aromatic heterocycles. The van der Waals surface area contributed by atoms with Crippen LogP contribution in [0, 0.1) is 0 Å². The maximum Gasteiger partial charge on any atom is 0.354 e. The van der Waals surface area contributed by atoms with Crippen molar-refractivity contribution in [3.8, 4) is 0 Å². The van der Waals surface area contributed by atoms with Crippen molar-refractivity contribution in [2.45, 2.75) is 18.8 Å². The summed E-state index contributed by atoms with van der Waals surface area (Å²) in [7, 11) is 0. The number of likely N-dealkylation sites (tertiary alicyclic amines) is 1. The maximum atomic E-state index is 12.5. The molecule has 1 amide bonds. The van der Waals surface area contributed by atoms with Crippen molar-refractivity contribution in [3.05, 3.63) is 65.5 Å². The van der Waals surface area contributed by atoms with Crippen molar-refractivity contribution in [1.29, 1.82) is 0 Å². The van der Waals surface area contributed by atoms with Crippen molar-refractivity contribution in [3.63, 3.8) is 0 Å². The average molecular weight is 310 g/mol. The highest BCUT2D eigenvalue weighted by Gasteiger charge is 2.25. The summed E-state index contributed by atoms with van der Waals surface area (Å²) >= 11 is 0. The second kappa shape index (κ2) is 6.60. The van der Waals surface area contributed by atoms with Gasteiger partial charge in [0.25, 0.3) is 5.91 Å². The molecule has 1 N–H and O–H groups in total. The summed E-state index contributed by atoms with van der Waals surface area (Å²) in [5.41, 5.74) is 1.41. The molecule has 5 nitrogen and oxygen atoms in total. The normalized spacial score (nSPS) is 15.4. The number of rotatable bonds is 3. The smallest absolute Gasteiger partial charge is 0.354 e. The number of pyridine rings is 1. The topological polar surface area (TPSA) is 70.5 Å². The van der Waals surface area contributed by atoms with Crippen LogP contribution in [0.4, 0.5) is 0 Å². The lowest BCUT2D eigenvalue weighted by Gasteiger charge is -2.32. The van der Waals surface area contributed by atoms with Crippen LogP contribution >= 0.6 is 0 Å². The van der Waals surface area contributed by atoms with Crippen molar-refractivity contribution in [1.82, 2.24) is 9.88 Å². The fraction of sp³-hybridized carbons (Fsp3) is 0.278. The molecule has 0 aliphatic carbocycles. The van der Waals surface area contributed by atoms with E-state index >= 15 is 0 Å². The van der Waals surface area contributed by atoms with Gasteiger partial charge in [0, 0.05) is 13.1 Å². The minimum absolute atomic E-state index is 0.102. The SMILES string of the molecule is O=C(O)c1cccc(C(=O)N2CCC(c3ccccc3)CC2)n1.